The van der Waals surface area contributed by atoms with Gasteiger partial charge in [0.05, 0.1) is 19.3 Å². The Kier molecular flexibility index (Phi) is 11.0. The molecule has 2 aromatic rings. The summed E-state index contributed by atoms with van der Waals surface area (Å²) < 4.78 is 5.82. The maximum Gasteiger partial charge on any atom is 0.227 e. The van der Waals surface area contributed by atoms with Crippen molar-refractivity contribution in [2.45, 2.75) is 66.5 Å². The smallest absolute Gasteiger partial charge is 0.227 e. The van der Waals surface area contributed by atoms with Gasteiger partial charge in [-0.2, -0.15) is 0 Å². The van der Waals surface area contributed by atoms with Crippen molar-refractivity contribution in [1.29, 1.82) is 0 Å². The Labute approximate surface area is 202 Å². The summed E-state index contributed by atoms with van der Waals surface area (Å²) in [4.78, 5) is 21.1. The molecule has 1 atom stereocenters. The Balaban J connectivity index is 0.00000480. The molecule has 8 heteroatoms. The molecule has 0 saturated carbocycles. The highest BCUT2D eigenvalue weighted by Crippen LogP contribution is 2.22. The summed E-state index contributed by atoms with van der Waals surface area (Å²) in [5, 5.41) is 9.45. The molecule has 0 radical (unpaired) electrons. The molecule has 0 spiro atoms. The Morgan fingerprint density at radius 2 is 1.97 bits per heavy atom. The molecular formula is C23H36IN5O2. The Hall–Kier alpha value is -2.10. The van der Waals surface area contributed by atoms with Crippen LogP contribution in [0.1, 0.15) is 65.2 Å². The molecule has 31 heavy (non-hydrogen) atoms. The van der Waals surface area contributed by atoms with Gasteiger partial charge in [-0.05, 0) is 31.0 Å². The third kappa shape index (κ3) is 8.88. The van der Waals surface area contributed by atoms with E-state index in [1.165, 1.54) is 0 Å². The summed E-state index contributed by atoms with van der Waals surface area (Å²) in [6.45, 7) is 13.9. The van der Waals surface area contributed by atoms with Crippen molar-refractivity contribution in [3.63, 3.8) is 0 Å². The molecule has 0 aliphatic rings. The Morgan fingerprint density at radius 1 is 1.23 bits per heavy atom. The number of aliphatic imine (C=N–C) groups is 1. The summed E-state index contributed by atoms with van der Waals surface area (Å²) in [7, 11) is 0. The minimum atomic E-state index is -0.0702. The van der Waals surface area contributed by atoms with E-state index < -0.39 is 0 Å². The maximum atomic E-state index is 12.1. The zero-order chi connectivity index (χ0) is 22.1. The zero-order valence-corrected chi connectivity index (χ0v) is 21.7. The van der Waals surface area contributed by atoms with Crippen LogP contribution in [-0.4, -0.2) is 23.4 Å². The molecule has 0 saturated heterocycles. The Morgan fingerprint density at radius 3 is 2.58 bits per heavy atom. The highest BCUT2D eigenvalue weighted by atomic mass is 127. The second-order valence-corrected chi connectivity index (χ2v) is 8.42. The summed E-state index contributed by atoms with van der Waals surface area (Å²) in [5.41, 5.74) is 1.74. The number of hydrogen-bond acceptors (Lipinski definition) is 4. The number of carbonyl (C=O) groups is 1. The summed E-state index contributed by atoms with van der Waals surface area (Å²) in [6, 6.07) is 7.78. The van der Waals surface area contributed by atoms with Gasteiger partial charge in [-0.15, -0.1) is 24.0 Å². The number of rotatable bonds is 8. The number of halogens is 1. The van der Waals surface area contributed by atoms with Gasteiger partial charge in [0.2, 0.25) is 11.8 Å². The van der Waals surface area contributed by atoms with Crippen LogP contribution >= 0.6 is 24.0 Å². The second-order valence-electron chi connectivity index (χ2n) is 8.42. The number of guanidine groups is 1. The van der Waals surface area contributed by atoms with E-state index in [9.17, 15) is 4.79 Å². The SMILES string of the molecule is CCNC(=NCc1cccc(NC(=O)C(C)CC)c1)NCc1ncc(C(C)(C)C)o1.I. The average molecular weight is 541 g/mol. The molecule has 1 aromatic carbocycles. The number of benzene rings is 1. The van der Waals surface area contributed by atoms with Gasteiger partial charge < -0.3 is 20.4 Å². The standard InChI is InChI=1S/C23H35N5O2.HI/c1-7-16(3)21(29)28-18-11-9-10-17(12-18)13-26-22(24-8-2)27-15-20-25-14-19(30-20)23(4,5)6;/h9-12,14,16H,7-8,13,15H2,1-6H3,(H,28,29)(H2,24,26,27);1H. The fourth-order valence-corrected chi connectivity index (χ4v) is 2.61. The summed E-state index contributed by atoms with van der Waals surface area (Å²) in [6.07, 6.45) is 2.59. The van der Waals surface area contributed by atoms with Gasteiger partial charge in [0, 0.05) is 23.6 Å². The van der Waals surface area contributed by atoms with E-state index in [0.717, 1.165) is 30.0 Å². The van der Waals surface area contributed by atoms with E-state index in [1.54, 1.807) is 6.20 Å². The van der Waals surface area contributed by atoms with Crippen LogP contribution in [0.2, 0.25) is 0 Å². The van der Waals surface area contributed by atoms with E-state index in [2.05, 4.69) is 46.7 Å². The van der Waals surface area contributed by atoms with Crippen molar-refractivity contribution in [3.8, 4) is 0 Å². The van der Waals surface area contributed by atoms with Gasteiger partial charge in [0.25, 0.3) is 0 Å². The summed E-state index contributed by atoms with van der Waals surface area (Å²) in [5.74, 6) is 2.19. The largest absolute Gasteiger partial charge is 0.443 e. The first-order chi connectivity index (χ1) is 14.2. The molecule has 1 heterocycles. The average Bonchev–Trinajstić information content (AvgIpc) is 3.19. The first-order valence-electron chi connectivity index (χ1n) is 10.6. The van der Waals surface area contributed by atoms with Gasteiger partial charge in [0.1, 0.15) is 5.76 Å². The highest BCUT2D eigenvalue weighted by Gasteiger charge is 2.19. The number of amides is 1. The maximum absolute atomic E-state index is 12.1. The van der Waals surface area contributed by atoms with Crippen molar-refractivity contribution in [2.24, 2.45) is 10.9 Å². The number of anilines is 1. The van der Waals surface area contributed by atoms with Crippen LogP contribution in [0.25, 0.3) is 0 Å². The van der Waals surface area contributed by atoms with Crippen molar-refractivity contribution in [1.82, 2.24) is 15.6 Å². The second kappa shape index (κ2) is 12.7. The molecule has 1 aromatic heterocycles. The van der Waals surface area contributed by atoms with Crippen LogP contribution in [0.5, 0.6) is 0 Å². The van der Waals surface area contributed by atoms with E-state index >= 15 is 0 Å². The number of hydrogen-bond donors (Lipinski definition) is 3. The third-order valence-electron chi connectivity index (χ3n) is 4.72. The molecule has 1 unspecified atom stereocenters. The third-order valence-corrected chi connectivity index (χ3v) is 4.72. The molecule has 0 aliphatic carbocycles. The lowest BCUT2D eigenvalue weighted by atomic mass is 9.94. The van der Waals surface area contributed by atoms with Crippen molar-refractivity contribution in [3.05, 3.63) is 47.7 Å². The topological polar surface area (TPSA) is 91.5 Å². The van der Waals surface area contributed by atoms with Crippen LogP contribution in [0.15, 0.2) is 39.9 Å². The van der Waals surface area contributed by atoms with E-state index in [-0.39, 0.29) is 41.2 Å². The van der Waals surface area contributed by atoms with Gasteiger partial charge in [-0.1, -0.05) is 46.8 Å². The lowest BCUT2D eigenvalue weighted by Crippen LogP contribution is -2.36. The van der Waals surface area contributed by atoms with Crippen LogP contribution in [0.4, 0.5) is 5.69 Å². The van der Waals surface area contributed by atoms with E-state index in [1.807, 2.05) is 45.0 Å². The highest BCUT2D eigenvalue weighted by molar-refractivity contribution is 14.0. The Bertz CT molecular complexity index is 858. The lowest BCUT2D eigenvalue weighted by Gasteiger charge is -2.13. The number of nitrogens with one attached hydrogen (secondary N) is 3. The molecule has 0 bridgehead atoms. The molecule has 2 rings (SSSR count). The monoisotopic (exact) mass is 541 g/mol. The van der Waals surface area contributed by atoms with Gasteiger partial charge in [-0.25, -0.2) is 9.98 Å². The van der Waals surface area contributed by atoms with Gasteiger partial charge in [0.15, 0.2) is 5.96 Å². The van der Waals surface area contributed by atoms with Crippen LogP contribution in [0, 0.1) is 5.92 Å². The summed E-state index contributed by atoms with van der Waals surface area (Å²) >= 11 is 0. The van der Waals surface area contributed by atoms with Gasteiger partial charge in [-0.3, -0.25) is 4.79 Å². The predicted molar refractivity (Wildman–Crippen MR) is 137 cm³/mol. The lowest BCUT2D eigenvalue weighted by molar-refractivity contribution is -0.119. The molecule has 3 N–H and O–H groups in total. The first-order valence-corrected chi connectivity index (χ1v) is 10.6. The van der Waals surface area contributed by atoms with Crippen molar-refractivity contribution in [2.75, 3.05) is 11.9 Å². The number of oxazole rings is 1. The molecule has 172 valence electrons. The molecule has 0 fully saturated rings. The number of nitrogens with zero attached hydrogens (tertiary/aromatic N) is 2. The van der Waals surface area contributed by atoms with Crippen LogP contribution in [-0.2, 0) is 23.3 Å². The molecule has 1 amide bonds. The number of carbonyl (C=O) groups excluding carboxylic acids is 1. The minimum Gasteiger partial charge on any atom is -0.443 e. The quantitative estimate of drug-likeness (QED) is 0.253. The fraction of sp³-hybridized carbons (Fsp3) is 0.522. The van der Waals surface area contributed by atoms with E-state index in [4.69, 9.17) is 4.42 Å². The molecular weight excluding hydrogens is 505 g/mol. The number of aromatic nitrogens is 1. The van der Waals surface area contributed by atoms with E-state index in [0.29, 0.717) is 24.9 Å². The van der Waals surface area contributed by atoms with Gasteiger partial charge >= 0.3 is 0 Å². The molecule has 0 aliphatic heterocycles. The molecule has 7 nitrogen and oxygen atoms in total. The fourth-order valence-electron chi connectivity index (χ4n) is 2.61. The predicted octanol–water partition coefficient (Wildman–Crippen LogP) is 4.83. The zero-order valence-electron chi connectivity index (χ0n) is 19.4. The van der Waals surface area contributed by atoms with Crippen molar-refractivity contribution < 1.29 is 9.21 Å². The van der Waals surface area contributed by atoms with Crippen LogP contribution in [0.3, 0.4) is 0 Å². The normalized spacial score (nSPS) is 12.6. The first kappa shape index (κ1) is 26.9. The minimum absolute atomic E-state index is 0. The van der Waals surface area contributed by atoms with Crippen molar-refractivity contribution >= 4 is 41.5 Å². The van der Waals surface area contributed by atoms with Crippen LogP contribution < -0.4 is 16.0 Å².